The summed E-state index contributed by atoms with van der Waals surface area (Å²) in [5, 5.41) is 7.45. The van der Waals surface area contributed by atoms with Crippen LogP contribution in [-0.4, -0.2) is 137 Å². The van der Waals surface area contributed by atoms with Gasteiger partial charge in [0.25, 0.3) is 17.7 Å². The lowest BCUT2D eigenvalue weighted by Gasteiger charge is -2.38. The number of rotatable bonds is 10. The van der Waals surface area contributed by atoms with Gasteiger partial charge in [0.1, 0.15) is 12.1 Å². The number of likely N-dealkylation sites (tertiary alicyclic amines) is 1. The van der Waals surface area contributed by atoms with Gasteiger partial charge < -0.3 is 29.0 Å². The summed E-state index contributed by atoms with van der Waals surface area (Å²) in [5.41, 5.74) is 8.49. The molecule has 0 saturated carbocycles. The summed E-state index contributed by atoms with van der Waals surface area (Å²) in [6, 6.07) is 8.23. The number of aromatic nitrogens is 3. The van der Waals surface area contributed by atoms with Crippen LogP contribution in [0, 0.1) is 17.3 Å². The van der Waals surface area contributed by atoms with E-state index < -0.39 is 59.7 Å². The highest BCUT2D eigenvalue weighted by atomic mass is 32.1. The maximum absolute atomic E-state index is 15.6. The van der Waals surface area contributed by atoms with Crippen LogP contribution >= 0.6 is 11.3 Å². The maximum Gasteiger partial charge on any atom is 0.324 e. The van der Waals surface area contributed by atoms with Gasteiger partial charge in [-0.1, -0.05) is 25.8 Å². The molecule has 3 aliphatic rings. The number of esters is 1. The molecule has 7 rings (SSSR count). The number of nitrogens with one attached hydrogen (secondary N) is 2. The van der Waals surface area contributed by atoms with Crippen molar-refractivity contribution in [2.75, 3.05) is 54.1 Å². The van der Waals surface area contributed by atoms with Gasteiger partial charge in [-0.2, -0.15) is 0 Å². The Morgan fingerprint density at radius 3 is 2.69 bits per heavy atom. The number of hydrogen-bond acceptors (Lipinski definition) is 12. The van der Waals surface area contributed by atoms with Crippen LogP contribution < -0.4 is 10.7 Å². The van der Waals surface area contributed by atoms with Crippen molar-refractivity contribution in [1.29, 1.82) is 0 Å². The lowest BCUT2D eigenvalue weighted by Crippen LogP contribution is -2.61. The number of ether oxygens (including phenoxy) is 3. The summed E-state index contributed by atoms with van der Waals surface area (Å²) >= 11 is 1.34. The minimum atomic E-state index is -2.10. The number of amides is 3. The van der Waals surface area contributed by atoms with Crippen molar-refractivity contribution in [3.63, 3.8) is 0 Å². The SMILES string of the molecule is CCn1c(-c2cccnc2[C@H](C)OC)c2c3cc(ccc31)-c1csc(n1)C[C@H](NC(=O)[C@@H](F)COC1CN(C(=O)C#CC(C)(C)N(C)C)C1)C(=O)N1CCC[C@H](N1)C(=O)OCC(C)(C)C2. The fourth-order valence-electron chi connectivity index (χ4n) is 8.23. The highest BCUT2D eigenvalue weighted by Crippen LogP contribution is 2.42. The van der Waals surface area contributed by atoms with Crippen molar-refractivity contribution in [2.24, 2.45) is 5.41 Å². The molecule has 0 radical (unpaired) electrons. The van der Waals surface area contributed by atoms with Gasteiger partial charge in [-0.25, -0.2) is 14.8 Å². The molecular formula is C48H61FN8O7S. The third-order valence-electron chi connectivity index (χ3n) is 12.6. The number of aryl methyl sites for hydroxylation is 1. The first-order chi connectivity index (χ1) is 30.9. The van der Waals surface area contributed by atoms with E-state index in [1.165, 1.54) is 21.2 Å². The summed E-state index contributed by atoms with van der Waals surface area (Å²) < 4.78 is 35.4. The molecule has 2 N–H and O–H groups in total. The molecule has 0 spiro atoms. The molecule has 4 atom stereocenters. The summed E-state index contributed by atoms with van der Waals surface area (Å²) in [6.45, 7) is 13.0. The molecule has 348 valence electrons. The second-order valence-corrected chi connectivity index (χ2v) is 19.6. The van der Waals surface area contributed by atoms with E-state index >= 15 is 4.39 Å². The average Bonchev–Trinajstić information content (AvgIpc) is 3.87. The standard InChI is InChI=1S/C48H61FN8O7S/c1-10-56-39-16-15-30-21-33(39)34(43(56)32-13-11-19-50-42(32)29(2)62-9)23-47(3,4)28-64-46(61)36-14-12-20-57(53-36)45(60)37(22-40-51-38(30)27-65-40)52-44(59)35(49)26-63-31-24-55(25-31)41(58)17-18-48(5,6)54(7)8/h11,13,15-16,19,21,27,29,31,35-37,53H,10,12,14,20,22-26,28H2,1-9H3,(H,52,59)/t29-,35-,36-,37-/m0/s1. The van der Waals surface area contributed by atoms with Crippen LogP contribution in [0.3, 0.4) is 0 Å². The monoisotopic (exact) mass is 912 g/mol. The predicted molar refractivity (Wildman–Crippen MR) is 246 cm³/mol. The fourth-order valence-corrected chi connectivity index (χ4v) is 9.08. The van der Waals surface area contributed by atoms with Crippen molar-refractivity contribution in [3.05, 3.63) is 58.2 Å². The van der Waals surface area contributed by atoms with E-state index in [1.54, 1.807) is 13.3 Å². The van der Waals surface area contributed by atoms with Gasteiger partial charge in [0.15, 0.2) is 0 Å². The highest BCUT2D eigenvalue weighted by Gasteiger charge is 2.38. The van der Waals surface area contributed by atoms with Crippen LogP contribution in [0.5, 0.6) is 0 Å². The number of halogens is 1. The molecule has 6 heterocycles. The Hall–Kier alpha value is -5.25. The molecule has 0 aliphatic carbocycles. The van der Waals surface area contributed by atoms with E-state index in [4.69, 9.17) is 24.2 Å². The van der Waals surface area contributed by atoms with Crippen molar-refractivity contribution >= 4 is 45.9 Å². The zero-order valence-electron chi connectivity index (χ0n) is 38.8. The van der Waals surface area contributed by atoms with Crippen molar-refractivity contribution in [1.82, 2.24) is 40.1 Å². The lowest BCUT2D eigenvalue weighted by molar-refractivity contribution is -0.155. The van der Waals surface area contributed by atoms with Crippen LogP contribution in [0.2, 0.25) is 0 Å². The number of benzene rings is 1. The topological polar surface area (TPSA) is 160 Å². The van der Waals surface area contributed by atoms with Crippen LogP contribution in [0.15, 0.2) is 41.9 Å². The zero-order valence-corrected chi connectivity index (χ0v) is 39.6. The molecule has 0 unspecified atom stereocenters. The third-order valence-corrected chi connectivity index (χ3v) is 13.5. The number of fused-ring (bicyclic) bond motifs is 6. The van der Waals surface area contributed by atoms with Gasteiger partial charge in [0.2, 0.25) is 6.17 Å². The Balaban J connectivity index is 1.16. The first kappa shape index (κ1) is 47.7. The second kappa shape index (κ2) is 19.7. The maximum atomic E-state index is 15.6. The van der Waals surface area contributed by atoms with E-state index in [9.17, 15) is 19.2 Å². The predicted octanol–water partition coefficient (Wildman–Crippen LogP) is 5.11. The minimum absolute atomic E-state index is 0.0268. The van der Waals surface area contributed by atoms with Gasteiger partial charge >= 0.3 is 5.97 Å². The highest BCUT2D eigenvalue weighted by molar-refractivity contribution is 7.10. The number of hydrazine groups is 1. The van der Waals surface area contributed by atoms with E-state index in [0.717, 1.165) is 39.0 Å². The first-order valence-corrected chi connectivity index (χ1v) is 23.1. The molecule has 3 amide bonds. The van der Waals surface area contributed by atoms with Crippen LogP contribution in [0.1, 0.15) is 76.8 Å². The molecule has 2 fully saturated rings. The van der Waals surface area contributed by atoms with Gasteiger partial charge in [0, 0.05) is 78.7 Å². The van der Waals surface area contributed by atoms with Gasteiger partial charge in [-0.15, -0.1) is 11.3 Å². The third kappa shape index (κ3) is 10.6. The molecule has 3 aromatic heterocycles. The van der Waals surface area contributed by atoms with Gasteiger partial charge in [-0.05, 0) is 96.8 Å². The number of carbonyl (C=O) groups excluding carboxylic acids is 4. The van der Waals surface area contributed by atoms with E-state index in [1.807, 2.05) is 57.3 Å². The average molecular weight is 913 g/mol. The van der Waals surface area contributed by atoms with Crippen molar-refractivity contribution < 1.29 is 37.8 Å². The Labute approximate surface area is 384 Å². The van der Waals surface area contributed by atoms with E-state index in [2.05, 4.69) is 66.1 Å². The van der Waals surface area contributed by atoms with Crippen molar-refractivity contribution in [2.45, 2.75) is 110 Å². The Bertz CT molecular complexity index is 2480. The summed E-state index contributed by atoms with van der Waals surface area (Å²) in [5.74, 6) is 3.24. The molecule has 65 heavy (non-hydrogen) atoms. The number of carbonyl (C=O) groups is 4. The fraction of sp³-hybridized carbons (Fsp3) is 0.542. The summed E-state index contributed by atoms with van der Waals surface area (Å²) in [6.07, 6.45) is 0.411. The molecule has 3 aliphatic heterocycles. The van der Waals surface area contributed by atoms with E-state index in [-0.39, 0.29) is 44.7 Å². The summed E-state index contributed by atoms with van der Waals surface area (Å²) in [4.78, 5) is 67.2. The molecule has 6 bridgehead atoms. The largest absolute Gasteiger partial charge is 0.464 e. The quantitative estimate of drug-likeness (QED) is 0.161. The zero-order chi connectivity index (χ0) is 46.8. The summed E-state index contributed by atoms with van der Waals surface area (Å²) in [7, 11) is 5.43. The van der Waals surface area contributed by atoms with Crippen LogP contribution in [0.4, 0.5) is 4.39 Å². The molecule has 2 saturated heterocycles. The molecule has 4 aromatic rings. The Kier molecular flexibility index (Phi) is 14.5. The second-order valence-electron chi connectivity index (χ2n) is 18.6. The first-order valence-electron chi connectivity index (χ1n) is 22.3. The molecule has 17 heteroatoms. The minimum Gasteiger partial charge on any atom is -0.464 e. The molecular weight excluding hydrogens is 852 g/mol. The van der Waals surface area contributed by atoms with Crippen molar-refractivity contribution in [3.8, 4) is 34.4 Å². The number of methoxy groups -OCH3 is 1. The smallest absolute Gasteiger partial charge is 0.324 e. The number of pyridine rings is 1. The Morgan fingerprint density at radius 1 is 1.20 bits per heavy atom. The molecule has 15 nitrogen and oxygen atoms in total. The number of nitrogens with zero attached hydrogens (tertiary/aromatic N) is 6. The number of thiazole rings is 1. The van der Waals surface area contributed by atoms with Gasteiger partial charge in [0.05, 0.1) is 53.1 Å². The van der Waals surface area contributed by atoms with E-state index in [0.29, 0.717) is 36.5 Å². The normalized spacial score (nSPS) is 20.4. The van der Waals surface area contributed by atoms with Gasteiger partial charge in [-0.3, -0.25) is 34.1 Å². The number of hydrogen-bond donors (Lipinski definition) is 2. The van der Waals surface area contributed by atoms with Crippen LogP contribution in [-0.2, 0) is 52.8 Å². The lowest BCUT2D eigenvalue weighted by atomic mass is 9.84. The number of alkyl halides is 1. The Morgan fingerprint density at radius 2 is 1.97 bits per heavy atom. The van der Waals surface area contributed by atoms with Crippen LogP contribution in [0.25, 0.3) is 33.4 Å². The molecule has 1 aromatic carbocycles. The number of cyclic esters (lactones) is 1.